The zero-order valence-electron chi connectivity index (χ0n) is 17.8. The van der Waals surface area contributed by atoms with Gasteiger partial charge in [0.05, 0.1) is 11.3 Å². The van der Waals surface area contributed by atoms with Gasteiger partial charge in [-0.2, -0.15) is 0 Å². The first kappa shape index (κ1) is 21.1. The van der Waals surface area contributed by atoms with Crippen LogP contribution in [0.2, 0.25) is 0 Å². The zero-order chi connectivity index (χ0) is 22.3. The van der Waals surface area contributed by atoms with E-state index in [1.165, 1.54) is 6.07 Å². The van der Waals surface area contributed by atoms with Crippen LogP contribution in [0.5, 0.6) is 0 Å². The number of aliphatic carboxylic acids is 1. The van der Waals surface area contributed by atoms with Crippen LogP contribution in [0.4, 0.5) is 0 Å². The number of piperazine rings is 1. The van der Waals surface area contributed by atoms with E-state index >= 15 is 0 Å². The van der Waals surface area contributed by atoms with E-state index in [1.807, 2.05) is 18.7 Å². The Morgan fingerprint density at radius 2 is 1.87 bits per heavy atom. The Balaban J connectivity index is 1.55. The normalized spacial score (nSPS) is 16.6. The first-order chi connectivity index (χ1) is 14.8. The predicted octanol–water partition coefficient (Wildman–Crippen LogP) is 2.42. The lowest BCUT2D eigenvalue weighted by Crippen LogP contribution is -2.48. The van der Waals surface area contributed by atoms with E-state index in [-0.39, 0.29) is 5.56 Å². The van der Waals surface area contributed by atoms with Gasteiger partial charge < -0.3 is 19.3 Å². The van der Waals surface area contributed by atoms with Gasteiger partial charge in [0, 0.05) is 68.0 Å². The highest BCUT2D eigenvalue weighted by Gasteiger charge is 2.33. The van der Waals surface area contributed by atoms with Gasteiger partial charge in [-0.1, -0.05) is 11.2 Å². The molecule has 2 N–H and O–H groups in total. The third-order valence-electron chi connectivity index (χ3n) is 6.13. The summed E-state index contributed by atoms with van der Waals surface area (Å²) in [6.07, 6.45) is 1.80. The van der Waals surface area contributed by atoms with Crippen LogP contribution >= 0.6 is 0 Å². The molecule has 164 valence electrons. The topological polar surface area (TPSA) is 112 Å². The minimum absolute atomic E-state index is 0.181. The number of aryl methyl sites for hydroxylation is 3. The van der Waals surface area contributed by atoms with Gasteiger partial charge in [-0.3, -0.25) is 14.6 Å². The predicted molar refractivity (Wildman–Crippen MR) is 113 cm³/mol. The fraction of sp³-hybridized carbons (Fsp3) is 0.409. The number of fused-ring (bicyclic) bond motifs is 1. The number of carbonyl (C=O) groups is 2. The SMILES string of the molecule is Cc1noc(C)c1CN1CCN([C@@H](C(=O)O)c2cn(C)c3cc(C(=O)O)ccc23)CC1. The van der Waals surface area contributed by atoms with E-state index in [0.717, 1.165) is 42.0 Å². The van der Waals surface area contributed by atoms with Crippen molar-refractivity contribution in [2.45, 2.75) is 26.4 Å². The zero-order valence-corrected chi connectivity index (χ0v) is 17.8. The molecule has 0 aliphatic carbocycles. The van der Waals surface area contributed by atoms with Gasteiger partial charge in [-0.15, -0.1) is 0 Å². The molecule has 2 aromatic heterocycles. The number of carboxylic acid groups (broad SMARTS) is 2. The molecule has 1 aliphatic heterocycles. The molecule has 31 heavy (non-hydrogen) atoms. The van der Waals surface area contributed by atoms with Crippen molar-refractivity contribution in [3.8, 4) is 0 Å². The van der Waals surface area contributed by atoms with Gasteiger partial charge in [0.2, 0.25) is 0 Å². The molecule has 3 heterocycles. The summed E-state index contributed by atoms with van der Waals surface area (Å²) in [7, 11) is 1.80. The summed E-state index contributed by atoms with van der Waals surface area (Å²) < 4.78 is 7.04. The van der Waals surface area contributed by atoms with Crippen LogP contribution in [0.25, 0.3) is 10.9 Å². The average molecular weight is 426 g/mol. The summed E-state index contributed by atoms with van der Waals surface area (Å²) in [5.74, 6) is -1.09. The van der Waals surface area contributed by atoms with Crippen molar-refractivity contribution in [2.24, 2.45) is 7.05 Å². The van der Waals surface area contributed by atoms with Crippen LogP contribution in [0, 0.1) is 13.8 Å². The number of aromatic nitrogens is 2. The van der Waals surface area contributed by atoms with Crippen LogP contribution in [0.15, 0.2) is 28.9 Å². The van der Waals surface area contributed by atoms with Gasteiger partial charge in [-0.25, -0.2) is 4.79 Å². The second-order valence-electron chi connectivity index (χ2n) is 8.09. The molecule has 0 amide bonds. The van der Waals surface area contributed by atoms with Crippen molar-refractivity contribution in [2.75, 3.05) is 26.2 Å². The summed E-state index contributed by atoms with van der Waals surface area (Å²) in [4.78, 5) is 27.8. The number of nitrogens with zero attached hydrogens (tertiary/aromatic N) is 4. The second kappa shape index (κ2) is 8.16. The Hall–Kier alpha value is -3.17. The van der Waals surface area contributed by atoms with Crippen LogP contribution in [-0.2, 0) is 18.4 Å². The molecule has 0 unspecified atom stereocenters. The van der Waals surface area contributed by atoms with Gasteiger partial charge in [0.1, 0.15) is 11.8 Å². The number of aromatic carboxylic acids is 1. The highest BCUT2D eigenvalue weighted by Crippen LogP contribution is 2.32. The van der Waals surface area contributed by atoms with Crippen molar-refractivity contribution >= 4 is 22.8 Å². The van der Waals surface area contributed by atoms with Crippen molar-refractivity contribution < 1.29 is 24.3 Å². The van der Waals surface area contributed by atoms with Crippen molar-refractivity contribution in [3.63, 3.8) is 0 Å². The molecular formula is C22H26N4O5. The maximum Gasteiger partial charge on any atom is 0.335 e. The lowest BCUT2D eigenvalue weighted by atomic mass is 10.0. The standard InChI is InChI=1S/C22H26N4O5/c1-13-17(14(2)31-23-13)12-25-6-8-26(9-7-25)20(22(29)30)18-11-24(3)19-10-15(21(27)28)4-5-16(18)19/h4-5,10-11,20H,6-9,12H2,1-3H3,(H,27,28)(H,29,30)/t20-/m1/s1. The van der Waals surface area contributed by atoms with Crippen LogP contribution < -0.4 is 0 Å². The van der Waals surface area contributed by atoms with Crippen LogP contribution in [-0.4, -0.2) is 67.9 Å². The maximum absolute atomic E-state index is 12.3. The second-order valence-corrected chi connectivity index (χ2v) is 8.09. The quantitative estimate of drug-likeness (QED) is 0.618. The highest BCUT2D eigenvalue weighted by molar-refractivity contribution is 5.96. The molecule has 0 saturated carbocycles. The number of hydrogen-bond acceptors (Lipinski definition) is 6. The molecular weight excluding hydrogens is 400 g/mol. The fourth-order valence-electron chi connectivity index (χ4n) is 4.38. The first-order valence-corrected chi connectivity index (χ1v) is 10.2. The number of benzene rings is 1. The van der Waals surface area contributed by atoms with E-state index < -0.39 is 18.0 Å². The maximum atomic E-state index is 12.3. The number of rotatable bonds is 6. The molecule has 0 radical (unpaired) electrons. The Kier molecular flexibility index (Phi) is 5.55. The van der Waals surface area contributed by atoms with Gasteiger partial charge in [0.25, 0.3) is 0 Å². The average Bonchev–Trinajstić information content (AvgIpc) is 3.22. The lowest BCUT2D eigenvalue weighted by Gasteiger charge is -2.37. The fourth-order valence-corrected chi connectivity index (χ4v) is 4.38. The molecule has 4 rings (SSSR count). The van der Waals surface area contributed by atoms with Crippen molar-refractivity contribution in [1.29, 1.82) is 0 Å². The summed E-state index contributed by atoms with van der Waals surface area (Å²) in [5.41, 5.74) is 3.55. The minimum atomic E-state index is -1.01. The van der Waals surface area contributed by atoms with Gasteiger partial charge >= 0.3 is 11.9 Å². The third kappa shape index (κ3) is 3.94. The minimum Gasteiger partial charge on any atom is -0.480 e. The molecule has 1 aliphatic rings. The van der Waals surface area contributed by atoms with E-state index in [0.29, 0.717) is 24.2 Å². The molecule has 1 atom stereocenters. The monoisotopic (exact) mass is 426 g/mol. The third-order valence-corrected chi connectivity index (χ3v) is 6.13. The van der Waals surface area contributed by atoms with Gasteiger partial charge in [-0.05, 0) is 26.0 Å². The summed E-state index contributed by atoms with van der Waals surface area (Å²) in [6.45, 7) is 7.28. The van der Waals surface area contributed by atoms with Crippen molar-refractivity contribution in [1.82, 2.24) is 19.5 Å². The van der Waals surface area contributed by atoms with Crippen LogP contribution in [0.1, 0.15) is 39.0 Å². The van der Waals surface area contributed by atoms with E-state index in [9.17, 15) is 19.8 Å². The molecule has 1 fully saturated rings. The molecule has 9 heteroatoms. The Morgan fingerprint density at radius 1 is 1.16 bits per heavy atom. The summed E-state index contributed by atoms with van der Waals surface area (Å²) in [5, 5.41) is 24.1. The van der Waals surface area contributed by atoms with Gasteiger partial charge in [0.15, 0.2) is 0 Å². The van der Waals surface area contributed by atoms with E-state index in [4.69, 9.17) is 4.52 Å². The van der Waals surface area contributed by atoms with Crippen molar-refractivity contribution in [3.05, 3.63) is 52.5 Å². The molecule has 3 aromatic rings. The Labute approximate surface area is 179 Å². The smallest absolute Gasteiger partial charge is 0.335 e. The number of hydrogen-bond donors (Lipinski definition) is 2. The summed E-state index contributed by atoms with van der Waals surface area (Å²) in [6, 6.07) is 4.02. The molecule has 0 bridgehead atoms. The first-order valence-electron chi connectivity index (χ1n) is 10.2. The van der Waals surface area contributed by atoms with E-state index in [1.54, 1.807) is 29.9 Å². The Morgan fingerprint density at radius 3 is 2.45 bits per heavy atom. The Bertz CT molecular complexity index is 1120. The summed E-state index contributed by atoms with van der Waals surface area (Å²) >= 11 is 0. The lowest BCUT2D eigenvalue weighted by molar-refractivity contribution is -0.144. The van der Waals surface area contributed by atoms with E-state index in [2.05, 4.69) is 10.1 Å². The molecule has 9 nitrogen and oxygen atoms in total. The molecule has 1 saturated heterocycles. The van der Waals surface area contributed by atoms with Crippen LogP contribution in [0.3, 0.4) is 0 Å². The molecule has 1 aromatic carbocycles. The number of carboxylic acids is 2. The molecule has 0 spiro atoms. The largest absolute Gasteiger partial charge is 0.480 e. The highest BCUT2D eigenvalue weighted by atomic mass is 16.5.